The zero-order valence-corrected chi connectivity index (χ0v) is 13.1. The smallest absolute Gasteiger partial charge is 0.128 e. The molecule has 112 valence electrons. The summed E-state index contributed by atoms with van der Waals surface area (Å²) in [5.74, 6) is -0.208. The van der Waals surface area contributed by atoms with E-state index in [1.165, 1.54) is 12.1 Å². The van der Waals surface area contributed by atoms with Crippen molar-refractivity contribution in [2.75, 3.05) is 12.3 Å². The van der Waals surface area contributed by atoms with Crippen LogP contribution in [0.15, 0.2) is 47.4 Å². The Balaban J connectivity index is 2.11. The average molecular weight is 328 g/mol. The minimum atomic E-state index is -0.425. The van der Waals surface area contributed by atoms with Gasteiger partial charge in [0, 0.05) is 27.3 Å². The second-order valence-electron chi connectivity index (χ2n) is 4.54. The first-order chi connectivity index (χ1) is 10.1. The molecule has 21 heavy (non-hydrogen) atoms. The van der Waals surface area contributed by atoms with Crippen molar-refractivity contribution in [1.29, 1.82) is 0 Å². The van der Waals surface area contributed by atoms with Gasteiger partial charge >= 0.3 is 0 Å². The van der Waals surface area contributed by atoms with Crippen LogP contribution in [0.25, 0.3) is 0 Å². The van der Waals surface area contributed by atoms with Crippen LogP contribution in [0.5, 0.6) is 0 Å². The highest BCUT2D eigenvalue weighted by atomic mass is 35.5. The Kier molecular flexibility index (Phi) is 6.03. The van der Waals surface area contributed by atoms with Crippen LogP contribution in [-0.2, 0) is 0 Å². The molecule has 2 aromatic rings. The fourth-order valence-corrected chi connectivity index (χ4v) is 3.11. The minimum Gasteiger partial charge on any atom is -0.309 e. The molecule has 0 bridgehead atoms. The van der Waals surface area contributed by atoms with Crippen LogP contribution in [0, 0.1) is 11.6 Å². The van der Waals surface area contributed by atoms with Gasteiger partial charge in [0.25, 0.3) is 0 Å². The van der Waals surface area contributed by atoms with Crippen molar-refractivity contribution in [3.8, 4) is 0 Å². The molecule has 2 aromatic carbocycles. The molecule has 0 spiro atoms. The highest BCUT2D eigenvalue weighted by Gasteiger charge is 2.16. The van der Waals surface area contributed by atoms with E-state index in [0.717, 1.165) is 11.0 Å². The summed E-state index contributed by atoms with van der Waals surface area (Å²) in [5.41, 5.74) is 0.360. The van der Waals surface area contributed by atoms with Gasteiger partial charge in [0.15, 0.2) is 0 Å². The van der Waals surface area contributed by atoms with E-state index < -0.39 is 5.82 Å². The topological polar surface area (TPSA) is 12.0 Å². The van der Waals surface area contributed by atoms with Gasteiger partial charge in [-0.2, -0.15) is 0 Å². The highest BCUT2D eigenvalue weighted by molar-refractivity contribution is 7.99. The second kappa shape index (κ2) is 7.78. The molecule has 0 amide bonds. The molecule has 0 saturated carbocycles. The normalized spacial score (nSPS) is 12.4. The predicted molar refractivity (Wildman–Crippen MR) is 85.0 cm³/mol. The molecule has 5 heteroatoms. The van der Waals surface area contributed by atoms with Crippen molar-refractivity contribution in [1.82, 2.24) is 5.32 Å². The first-order valence-electron chi connectivity index (χ1n) is 6.67. The van der Waals surface area contributed by atoms with Crippen LogP contribution < -0.4 is 5.32 Å². The molecule has 0 heterocycles. The van der Waals surface area contributed by atoms with Crippen LogP contribution in [0.4, 0.5) is 8.78 Å². The first-order valence-corrected chi connectivity index (χ1v) is 8.03. The highest BCUT2D eigenvalue weighted by Crippen LogP contribution is 2.27. The third-order valence-corrected chi connectivity index (χ3v) is 4.37. The van der Waals surface area contributed by atoms with Crippen molar-refractivity contribution >= 4 is 23.4 Å². The molecule has 1 atom stereocenters. The number of hydrogen-bond donors (Lipinski definition) is 1. The van der Waals surface area contributed by atoms with E-state index in [1.54, 1.807) is 11.8 Å². The van der Waals surface area contributed by atoms with E-state index in [0.29, 0.717) is 22.9 Å². The SMILES string of the molecule is CCNC(CSc1ccc(Cl)cc1)c1cc(F)ccc1F. The van der Waals surface area contributed by atoms with E-state index in [9.17, 15) is 8.78 Å². The Bertz CT molecular complexity index is 589. The number of hydrogen-bond acceptors (Lipinski definition) is 2. The lowest BCUT2D eigenvalue weighted by Gasteiger charge is -2.19. The number of rotatable bonds is 6. The van der Waals surface area contributed by atoms with Crippen molar-refractivity contribution in [2.24, 2.45) is 0 Å². The molecule has 0 saturated heterocycles. The van der Waals surface area contributed by atoms with E-state index in [2.05, 4.69) is 5.32 Å². The molecular formula is C16H16ClF2NS. The van der Waals surface area contributed by atoms with Gasteiger partial charge in [0.05, 0.1) is 0 Å². The molecule has 1 unspecified atom stereocenters. The van der Waals surface area contributed by atoms with E-state index in [1.807, 2.05) is 31.2 Å². The summed E-state index contributed by atoms with van der Waals surface area (Å²) in [4.78, 5) is 1.04. The number of thioether (sulfide) groups is 1. The van der Waals surface area contributed by atoms with Crippen molar-refractivity contribution < 1.29 is 8.78 Å². The van der Waals surface area contributed by atoms with Crippen LogP contribution in [-0.4, -0.2) is 12.3 Å². The lowest BCUT2D eigenvalue weighted by atomic mass is 10.1. The van der Waals surface area contributed by atoms with Crippen molar-refractivity contribution in [3.05, 3.63) is 64.7 Å². The van der Waals surface area contributed by atoms with E-state index in [-0.39, 0.29) is 11.9 Å². The van der Waals surface area contributed by atoms with Crippen LogP contribution in [0.1, 0.15) is 18.5 Å². The monoisotopic (exact) mass is 327 g/mol. The van der Waals surface area contributed by atoms with Gasteiger partial charge in [-0.15, -0.1) is 11.8 Å². The molecular weight excluding hydrogens is 312 g/mol. The minimum absolute atomic E-state index is 0.244. The van der Waals surface area contributed by atoms with Crippen LogP contribution >= 0.6 is 23.4 Å². The summed E-state index contributed by atoms with van der Waals surface area (Å²) in [6, 6.07) is 10.8. The Morgan fingerprint density at radius 1 is 1.14 bits per heavy atom. The van der Waals surface area contributed by atoms with Gasteiger partial charge in [-0.1, -0.05) is 18.5 Å². The third kappa shape index (κ3) is 4.70. The summed E-state index contributed by atoms with van der Waals surface area (Å²) in [6.45, 7) is 2.62. The molecule has 1 nitrogen and oxygen atoms in total. The third-order valence-electron chi connectivity index (χ3n) is 3.01. The summed E-state index contributed by atoms with van der Waals surface area (Å²) in [7, 11) is 0. The molecule has 0 aliphatic heterocycles. The molecule has 0 aliphatic carbocycles. The number of halogens is 3. The van der Waals surface area contributed by atoms with Crippen LogP contribution in [0.3, 0.4) is 0 Å². The fraction of sp³-hybridized carbons (Fsp3) is 0.250. The fourth-order valence-electron chi connectivity index (χ4n) is 2.00. The molecule has 0 aliphatic rings. The van der Waals surface area contributed by atoms with Gasteiger partial charge in [0.2, 0.25) is 0 Å². The Morgan fingerprint density at radius 2 is 1.86 bits per heavy atom. The quantitative estimate of drug-likeness (QED) is 0.744. The Morgan fingerprint density at radius 3 is 2.52 bits per heavy atom. The average Bonchev–Trinajstić information content (AvgIpc) is 2.48. The second-order valence-corrected chi connectivity index (χ2v) is 6.07. The van der Waals surface area contributed by atoms with Crippen LogP contribution in [0.2, 0.25) is 5.02 Å². The predicted octanol–water partition coefficient (Wildman–Crippen LogP) is 5.06. The summed E-state index contributed by atoms with van der Waals surface area (Å²) >= 11 is 7.42. The lowest BCUT2D eigenvalue weighted by molar-refractivity contribution is 0.533. The van der Waals surface area contributed by atoms with E-state index >= 15 is 0 Å². The summed E-state index contributed by atoms with van der Waals surface area (Å²) in [5, 5.41) is 3.87. The maximum atomic E-state index is 13.9. The maximum absolute atomic E-state index is 13.9. The summed E-state index contributed by atoms with van der Waals surface area (Å²) in [6.07, 6.45) is 0. The van der Waals surface area contributed by atoms with Gasteiger partial charge < -0.3 is 5.32 Å². The molecule has 0 fully saturated rings. The zero-order chi connectivity index (χ0) is 15.2. The van der Waals surface area contributed by atoms with Gasteiger partial charge in [0.1, 0.15) is 11.6 Å². The maximum Gasteiger partial charge on any atom is 0.128 e. The van der Waals surface area contributed by atoms with Gasteiger partial charge in [-0.05, 0) is 49.0 Å². The molecule has 2 rings (SSSR count). The van der Waals surface area contributed by atoms with Gasteiger partial charge in [-0.3, -0.25) is 0 Å². The zero-order valence-electron chi connectivity index (χ0n) is 11.6. The Hall–Kier alpha value is -1.10. The molecule has 1 N–H and O–H groups in total. The number of nitrogens with one attached hydrogen (secondary N) is 1. The van der Waals surface area contributed by atoms with Gasteiger partial charge in [-0.25, -0.2) is 8.78 Å². The standard InChI is InChI=1S/C16H16ClF2NS/c1-2-20-16(14-9-12(18)5-8-15(14)19)10-21-13-6-3-11(17)4-7-13/h3-9,16,20H,2,10H2,1H3. The Labute approximate surface area is 132 Å². The summed E-state index contributed by atoms with van der Waals surface area (Å²) < 4.78 is 27.2. The van der Waals surface area contributed by atoms with Crippen molar-refractivity contribution in [2.45, 2.75) is 17.9 Å². The molecule has 0 aromatic heterocycles. The van der Waals surface area contributed by atoms with Crippen molar-refractivity contribution in [3.63, 3.8) is 0 Å². The number of benzene rings is 2. The van der Waals surface area contributed by atoms with E-state index in [4.69, 9.17) is 11.6 Å². The first kappa shape index (κ1) is 16.3. The lowest BCUT2D eigenvalue weighted by Crippen LogP contribution is -2.24. The molecule has 0 radical (unpaired) electrons. The largest absolute Gasteiger partial charge is 0.309 e.